The molecule has 0 bridgehead atoms. The Hall–Kier alpha value is 0.430. The molecule has 1 rings (SSSR count). The smallest absolute Gasteiger partial charge is 0.550 e. The van der Waals surface area contributed by atoms with Crippen LogP contribution in [0, 0.1) is 0 Å². The monoisotopic (exact) mass is 235 g/mol. The molecule has 1 fully saturated rings. The second-order valence-electron chi connectivity index (χ2n) is 4.47. The van der Waals surface area contributed by atoms with Crippen molar-refractivity contribution in [3.8, 4) is 0 Å². The molecule has 1 aliphatic rings. The summed E-state index contributed by atoms with van der Waals surface area (Å²) in [6, 6.07) is 0.618. The second-order valence-corrected chi connectivity index (χ2v) is 4.47. The molecule has 4 heteroatoms. The van der Waals surface area contributed by atoms with Crippen molar-refractivity contribution in [2.24, 2.45) is 0 Å². The van der Waals surface area contributed by atoms with Gasteiger partial charge in [0.05, 0.1) is 0 Å². The Bertz CT molecular complexity index is 180. The van der Waals surface area contributed by atoms with Crippen LogP contribution >= 0.6 is 0 Å². The van der Waals surface area contributed by atoms with Crippen molar-refractivity contribution in [2.45, 2.75) is 63.8 Å². The van der Waals surface area contributed by atoms with Crippen LogP contribution in [0.1, 0.15) is 57.8 Å². The average molecular weight is 235 g/mol. The molecule has 88 valence electrons. The summed E-state index contributed by atoms with van der Waals surface area (Å²) in [7, 11) is 0. The topological polar surface area (TPSA) is 52.2 Å². The summed E-state index contributed by atoms with van der Waals surface area (Å²) in [4.78, 5) is 10.2. The maximum atomic E-state index is 10.2. The van der Waals surface area contributed by atoms with Gasteiger partial charge in [0.1, 0.15) is 0 Å². The first-order valence-corrected chi connectivity index (χ1v) is 6.22. The van der Waals surface area contributed by atoms with Crippen LogP contribution in [0.4, 0.5) is 0 Å². The molecule has 1 N–H and O–H groups in total. The Balaban J connectivity index is 0.00000225. The normalized spacial score (nSPS) is 18.2. The summed E-state index contributed by atoms with van der Waals surface area (Å²) >= 11 is 0. The summed E-state index contributed by atoms with van der Waals surface area (Å²) < 4.78 is 0. The predicted octanol–water partition coefficient (Wildman–Crippen LogP) is -1.78. The Morgan fingerprint density at radius 2 is 1.69 bits per heavy atom. The fourth-order valence-electron chi connectivity index (χ4n) is 2.20. The minimum Gasteiger partial charge on any atom is -0.550 e. The zero-order chi connectivity index (χ0) is 10.9. The summed E-state index contributed by atoms with van der Waals surface area (Å²) in [5.74, 6) is -0.936. The van der Waals surface area contributed by atoms with E-state index in [-0.39, 0.29) is 36.0 Å². The maximum Gasteiger partial charge on any atom is 1.00 e. The molecule has 1 saturated carbocycles. The molecule has 0 aromatic heterocycles. The quantitative estimate of drug-likeness (QED) is 0.453. The molecule has 0 spiro atoms. The van der Waals surface area contributed by atoms with Crippen molar-refractivity contribution in [1.29, 1.82) is 0 Å². The SMILES string of the molecule is O=C([O-])CCCNC1CCCCCCC1.[Na+]. The Labute approximate surface area is 121 Å². The standard InChI is InChI=1S/C12H23NO2.Na/c14-12(15)9-6-10-13-11-7-4-2-1-3-5-8-11;/h11,13H,1-10H2,(H,14,15);/q;+1/p-1. The number of carboxylic acid groups (broad SMARTS) is 1. The number of hydrogen-bond donors (Lipinski definition) is 1. The van der Waals surface area contributed by atoms with Crippen molar-refractivity contribution >= 4 is 5.97 Å². The first-order chi connectivity index (χ1) is 7.29. The van der Waals surface area contributed by atoms with Crippen LogP contribution in [0.5, 0.6) is 0 Å². The third-order valence-electron chi connectivity index (χ3n) is 3.10. The van der Waals surface area contributed by atoms with Crippen LogP contribution in [-0.2, 0) is 4.79 Å². The van der Waals surface area contributed by atoms with Crippen LogP contribution in [0.3, 0.4) is 0 Å². The van der Waals surface area contributed by atoms with E-state index in [1.165, 1.54) is 44.9 Å². The van der Waals surface area contributed by atoms with Crippen molar-refractivity contribution < 1.29 is 39.5 Å². The van der Waals surface area contributed by atoms with Gasteiger partial charge in [0.15, 0.2) is 0 Å². The molecule has 0 saturated heterocycles. The molecule has 0 unspecified atom stereocenters. The number of carbonyl (C=O) groups excluding carboxylic acids is 1. The zero-order valence-corrected chi connectivity index (χ0v) is 12.5. The third kappa shape index (κ3) is 8.57. The third-order valence-corrected chi connectivity index (χ3v) is 3.10. The van der Waals surface area contributed by atoms with Crippen molar-refractivity contribution in [1.82, 2.24) is 5.32 Å². The molecule has 0 aromatic rings. The number of rotatable bonds is 5. The van der Waals surface area contributed by atoms with Gasteiger partial charge in [-0.1, -0.05) is 32.1 Å². The van der Waals surface area contributed by atoms with E-state index >= 15 is 0 Å². The van der Waals surface area contributed by atoms with E-state index < -0.39 is 5.97 Å². The van der Waals surface area contributed by atoms with Gasteiger partial charge < -0.3 is 15.2 Å². The Morgan fingerprint density at radius 1 is 1.12 bits per heavy atom. The first-order valence-electron chi connectivity index (χ1n) is 6.22. The molecule has 0 aliphatic heterocycles. The Morgan fingerprint density at radius 3 is 2.25 bits per heavy atom. The molecule has 0 heterocycles. The maximum absolute atomic E-state index is 10.2. The zero-order valence-electron chi connectivity index (χ0n) is 10.5. The number of aliphatic carboxylic acids is 1. The van der Waals surface area contributed by atoms with Gasteiger partial charge in [-0.3, -0.25) is 0 Å². The van der Waals surface area contributed by atoms with Gasteiger partial charge in [0, 0.05) is 12.0 Å². The van der Waals surface area contributed by atoms with Gasteiger partial charge in [-0.15, -0.1) is 0 Å². The van der Waals surface area contributed by atoms with Gasteiger partial charge in [-0.05, 0) is 32.2 Å². The molecule has 0 atom stereocenters. The fourth-order valence-corrected chi connectivity index (χ4v) is 2.20. The van der Waals surface area contributed by atoms with E-state index in [0.717, 1.165) is 6.54 Å². The average Bonchev–Trinajstić information content (AvgIpc) is 2.14. The van der Waals surface area contributed by atoms with E-state index in [0.29, 0.717) is 12.5 Å². The van der Waals surface area contributed by atoms with Gasteiger partial charge in [0.25, 0.3) is 0 Å². The molecule has 0 radical (unpaired) electrons. The van der Waals surface area contributed by atoms with Crippen LogP contribution in [0.2, 0.25) is 0 Å². The number of carbonyl (C=O) groups is 1. The summed E-state index contributed by atoms with van der Waals surface area (Å²) in [5.41, 5.74) is 0. The second kappa shape index (κ2) is 10.6. The predicted molar refractivity (Wildman–Crippen MR) is 58.4 cm³/mol. The first kappa shape index (κ1) is 16.4. The van der Waals surface area contributed by atoms with Gasteiger partial charge in [-0.2, -0.15) is 0 Å². The number of nitrogens with one attached hydrogen (secondary N) is 1. The van der Waals surface area contributed by atoms with E-state index in [4.69, 9.17) is 0 Å². The Kier molecular flexibility index (Phi) is 10.9. The van der Waals surface area contributed by atoms with Crippen LogP contribution in [0.25, 0.3) is 0 Å². The molecule has 1 aliphatic carbocycles. The number of hydrogen-bond acceptors (Lipinski definition) is 3. The molecule has 3 nitrogen and oxygen atoms in total. The van der Waals surface area contributed by atoms with E-state index in [9.17, 15) is 9.90 Å². The summed E-state index contributed by atoms with van der Waals surface area (Å²) in [6.07, 6.45) is 10.1. The molecular weight excluding hydrogens is 213 g/mol. The molecule has 16 heavy (non-hydrogen) atoms. The van der Waals surface area contributed by atoms with E-state index in [1.807, 2.05) is 0 Å². The van der Waals surface area contributed by atoms with Crippen molar-refractivity contribution in [3.05, 3.63) is 0 Å². The minimum atomic E-state index is -0.936. The van der Waals surface area contributed by atoms with E-state index in [1.54, 1.807) is 0 Å². The van der Waals surface area contributed by atoms with Crippen molar-refractivity contribution in [2.75, 3.05) is 6.54 Å². The summed E-state index contributed by atoms with van der Waals surface area (Å²) in [6.45, 7) is 0.818. The summed E-state index contributed by atoms with van der Waals surface area (Å²) in [5, 5.41) is 13.7. The molecular formula is C12H22NNaO2. The van der Waals surface area contributed by atoms with Gasteiger partial charge in [-0.25, -0.2) is 0 Å². The number of carboxylic acids is 1. The van der Waals surface area contributed by atoms with Crippen LogP contribution in [0.15, 0.2) is 0 Å². The fraction of sp³-hybridized carbons (Fsp3) is 0.917. The largest absolute Gasteiger partial charge is 1.00 e. The van der Waals surface area contributed by atoms with E-state index in [2.05, 4.69) is 5.32 Å². The molecule has 0 aromatic carbocycles. The van der Waals surface area contributed by atoms with Gasteiger partial charge >= 0.3 is 29.6 Å². The van der Waals surface area contributed by atoms with Crippen LogP contribution in [-0.4, -0.2) is 18.6 Å². The minimum absolute atomic E-state index is 0. The van der Waals surface area contributed by atoms with Gasteiger partial charge in [0.2, 0.25) is 0 Å². The van der Waals surface area contributed by atoms with Crippen LogP contribution < -0.4 is 40.0 Å². The van der Waals surface area contributed by atoms with Crippen molar-refractivity contribution in [3.63, 3.8) is 0 Å². The molecule has 0 amide bonds.